The van der Waals surface area contributed by atoms with Crippen molar-refractivity contribution in [3.8, 4) is 5.75 Å². The third-order valence-corrected chi connectivity index (χ3v) is 4.94. The molecule has 3 N–H and O–H groups in total. The molecular weight excluding hydrogens is 414 g/mol. The van der Waals surface area contributed by atoms with Gasteiger partial charge in [0.2, 0.25) is 11.8 Å². The van der Waals surface area contributed by atoms with Crippen LogP contribution in [0, 0.1) is 0 Å². The van der Waals surface area contributed by atoms with Crippen LogP contribution >= 0.6 is 0 Å². The zero-order valence-electron chi connectivity index (χ0n) is 19.0. The molecule has 172 valence electrons. The average Bonchev–Trinajstić information content (AvgIpc) is 2.82. The van der Waals surface area contributed by atoms with Crippen LogP contribution in [-0.2, 0) is 16.0 Å². The highest BCUT2D eigenvalue weighted by molar-refractivity contribution is 5.95. The number of hydrogen-bond donors (Lipinski definition) is 3. The fraction of sp³-hybridized carbons (Fsp3) is 0.259. The van der Waals surface area contributed by atoms with E-state index in [1.165, 1.54) is 5.56 Å². The number of nitrogens with one attached hydrogen (secondary N) is 3. The molecule has 0 aliphatic carbocycles. The van der Waals surface area contributed by atoms with Crippen LogP contribution in [0.15, 0.2) is 78.9 Å². The lowest BCUT2D eigenvalue weighted by molar-refractivity contribution is -0.116. The normalized spacial score (nSPS) is 10.3. The summed E-state index contributed by atoms with van der Waals surface area (Å²) in [6, 6.07) is 25.1. The predicted octanol–water partition coefficient (Wildman–Crippen LogP) is 5.49. The molecule has 0 unspecified atom stereocenters. The summed E-state index contributed by atoms with van der Waals surface area (Å²) in [5.41, 5.74) is 3.45. The van der Waals surface area contributed by atoms with Crippen molar-refractivity contribution in [1.82, 2.24) is 0 Å². The summed E-state index contributed by atoms with van der Waals surface area (Å²) in [5, 5.41) is 8.77. The maximum atomic E-state index is 12.3. The first kappa shape index (κ1) is 23.9. The monoisotopic (exact) mass is 445 g/mol. The Morgan fingerprint density at radius 1 is 0.788 bits per heavy atom. The van der Waals surface area contributed by atoms with Crippen molar-refractivity contribution in [2.45, 2.75) is 32.6 Å². The van der Waals surface area contributed by atoms with E-state index in [9.17, 15) is 9.59 Å². The third kappa shape index (κ3) is 8.69. The third-order valence-electron chi connectivity index (χ3n) is 4.94. The van der Waals surface area contributed by atoms with Gasteiger partial charge in [-0.25, -0.2) is 0 Å². The van der Waals surface area contributed by atoms with E-state index >= 15 is 0 Å². The first-order chi connectivity index (χ1) is 16.1. The van der Waals surface area contributed by atoms with Gasteiger partial charge >= 0.3 is 0 Å². The molecule has 6 nitrogen and oxygen atoms in total. The standard InChI is InChI=1S/C27H31N3O3/c1-2-8-26(31)29-23-12-6-13-24(19-23)30-27(32)20-28-22-14-16-25(17-15-22)33-18-7-11-21-9-4-3-5-10-21/h3-6,9-10,12-17,19,28H,2,7-8,11,18,20H2,1H3,(H,29,31)(H,30,32). The van der Waals surface area contributed by atoms with Crippen molar-refractivity contribution in [1.29, 1.82) is 0 Å². The Balaban J connectivity index is 1.38. The highest BCUT2D eigenvalue weighted by atomic mass is 16.5. The van der Waals surface area contributed by atoms with Gasteiger partial charge in [0.15, 0.2) is 0 Å². The van der Waals surface area contributed by atoms with E-state index < -0.39 is 0 Å². The minimum Gasteiger partial charge on any atom is -0.494 e. The first-order valence-electron chi connectivity index (χ1n) is 11.3. The summed E-state index contributed by atoms with van der Waals surface area (Å²) < 4.78 is 5.80. The number of amides is 2. The number of hydrogen-bond acceptors (Lipinski definition) is 4. The van der Waals surface area contributed by atoms with E-state index in [1.807, 2.05) is 49.4 Å². The van der Waals surface area contributed by atoms with Crippen LogP contribution in [0.5, 0.6) is 5.75 Å². The Hall–Kier alpha value is -3.80. The molecule has 33 heavy (non-hydrogen) atoms. The second-order valence-corrected chi connectivity index (χ2v) is 7.74. The topological polar surface area (TPSA) is 79.5 Å². The molecule has 0 fully saturated rings. The Morgan fingerprint density at radius 2 is 1.48 bits per heavy atom. The zero-order chi connectivity index (χ0) is 23.3. The molecule has 6 heteroatoms. The van der Waals surface area contributed by atoms with Crippen molar-refractivity contribution in [3.63, 3.8) is 0 Å². The zero-order valence-corrected chi connectivity index (χ0v) is 19.0. The number of carbonyl (C=O) groups is 2. The van der Waals surface area contributed by atoms with E-state index in [1.54, 1.807) is 24.3 Å². The molecule has 3 rings (SSSR count). The predicted molar refractivity (Wildman–Crippen MR) is 134 cm³/mol. The van der Waals surface area contributed by atoms with Gasteiger partial charge in [-0.1, -0.05) is 43.3 Å². The lowest BCUT2D eigenvalue weighted by Gasteiger charge is -2.11. The van der Waals surface area contributed by atoms with Crippen molar-refractivity contribution >= 4 is 28.9 Å². The molecule has 0 aliphatic rings. The number of aryl methyl sites for hydroxylation is 1. The summed E-state index contributed by atoms with van der Waals surface area (Å²) in [5.74, 6) is 0.597. The fourth-order valence-corrected chi connectivity index (χ4v) is 3.29. The molecule has 0 saturated carbocycles. The first-order valence-corrected chi connectivity index (χ1v) is 11.3. The Labute approximate surface area is 195 Å². The summed E-state index contributed by atoms with van der Waals surface area (Å²) in [7, 11) is 0. The molecular formula is C27H31N3O3. The Bertz CT molecular complexity index is 1020. The van der Waals surface area contributed by atoms with E-state index in [4.69, 9.17) is 4.74 Å². The van der Waals surface area contributed by atoms with E-state index in [-0.39, 0.29) is 18.4 Å². The van der Waals surface area contributed by atoms with E-state index in [2.05, 4.69) is 28.1 Å². The molecule has 0 heterocycles. The molecule has 0 bridgehead atoms. The maximum absolute atomic E-state index is 12.3. The smallest absolute Gasteiger partial charge is 0.243 e. The number of rotatable bonds is 12. The summed E-state index contributed by atoms with van der Waals surface area (Å²) in [6.45, 7) is 2.74. The van der Waals surface area contributed by atoms with E-state index in [0.29, 0.717) is 24.4 Å². The molecule has 3 aromatic rings. The SMILES string of the molecule is CCCC(=O)Nc1cccc(NC(=O)CNc2ccc(OCCCc3ccccc3)cc2)c1. The van der Waals surface area contributed by atoms with Gasteiger partial charge in [-0.15, -0.1) is 0 Å². The Kier molecular flexibility index (Phi) is 9.33. The minimum atomic E-state index is -0.173. The fourth-order valence-electron chi connectivity index (χ4n) is 3.29. The van der Waals surface area contributed by atoms with Crippen LogP contribution in [0.25, 0.3) is 0 Å². The lowest BCUT2D eigenvalue weighted by atomic mass is 10.1. The van der Waals surface area contributed by atoms with Gasteiger partial charge in [-0.2, -0.15) is 0 Å². The highest BCUT2D eigenvalue weighted by Gasteiger charge is 2.05. The quantitative estimate of drug-likeness (QED) is 0.322. The maximum Gasteiger partial charge on any atom is 0.243 e. The number of benzene rings is 3. The van der Waals surface area contributed by atoms with Gasteiger partial charge in [0.1, 0.15) is 5.75 Å². The van der Waals surface area contributed by atoms with Gasteiger partial charge in [0.25, 0.3) is 0 Å². The van der Waals surface area contributed by atoms with Crippen molar-refractivity contribution in [2.75, 3.05) is 29.1 Å². The van der Waals surface area contributed by atoms with E-state index in [0.717, 1.165) is 30.7 Å². The van der Waals surface area contributed by atoms with Crippen LogP contribution in [0.4, 0.5) is 17.1 Å². The molecule has 0 saturated heterocycles. The van der Waals surface area contributed by atoms with Crippen LogP contribution in [0.2, 0.25) is 0 Å². The minimum absolute atomic E-state index is 0.0359. The van der Waals surface area contributed by atoms with Crippen molar-refractivity contribution in [2.24, 2.45) is 0 Å². The summed E-state index contributed by atoms with van der Waals surface area (Å²) >= 11 is 0. The highest BCUT2D eigenvalue weighted by Crippen LogP contribution is 2.17. The van der Waals surface area contributed by atoms with Crippen molar-refractivity contribution < 1.29 is 14.3 Å². The molecule has 0 spiro atoms. The van der Waals surface area contributed by atoms with Crippen LogP contribution in [-0.4, -0.2) is 25.0 Å². The van der Waals surface area contributed by atoms with Crippen LogP contribution < -0.4 is 20.7 Å². The van der Waals surface area contributed by atoms with Gasteiger partial charge in [0, 0.05) is 23.5 Å². The lowest BCUT2D eigenvalue weighted by Crippen LogP contribution is -2.21. The Morgan fingerprint density at radius 3 is 2.18 bits per heavy atom. The molecule has 0 radical (unpaired) electrons. The second kappa shape index (κ2) is 12.9. The molecule has 3 aromatic carbocycles. The summed E-state index contributed by atoms with van der Waals surface area (Å²) in [4.78, 5) is 24.0. The van der Waals surface area contributed by atoms with Crippen LogP contribution in [0.3, 0.4) is 0 Å². The van der Waals surface area contributed by atoms with Crippen molar-refractivity contribution in [3.05, 3.63) is 84.4 Å². The van der Waals surface area contributed by atoms with Gasteiger partial charge < -0.3 is 20.7 Å². The summed E-state index contributed by atoms with van der Waals surface area (Å²) in [6.07, 6.45) is 3.20. The average molecular weight is 446 g/mol. The number of carbonyl (C=O) groups excluding carboxylic acids is 2. The molecule has 2 amide bonds. The van der Waals surface area contributed by atoms with Gasteiger partial charge in [-0.05, 0) is 67.3 Å². The number of anilines is 3. The molecule has 0 atom stereocenters. The molecule has 0 aliphatic heterocycles. The second-order valence-electron chi connectivity index (χ2n) is 7.74. The molecule has 0 aromatic heterocycles. The van der Waals surface area contributed by atoms with Gasteiger partial charge in [-0.3, -0.25) is 9.59 Å². The van der Waals surface area contributed by atoms with Crippen LogP contribution in [0.1, 0.15) is 31.7 Å². The number of ether oxygens (including phenoxy) is 1. The van der Waals surface area contributed by atoms with Gasteiger partial charge in [0.05, 0.1) is 13.2 Å². The largest absolute Gasteiger partial charge is 0.494 e.